The minimum Gasteiger partial charge on any atom is -0.349 e. The molecule has 0 spiro atoms. The van der Waals surface area contributed by atoms with E-state index in [1.807, 2.05) is 35.7 Å². The molecular weight excluding hydrogens is 274 g/mol. The van der Waals surface area contributed by atoms with Gasteiger partial charge in [0.2, 0.25) is 0 Å². The van der Waals surface area contributed by atoms with E-state index in [-0.39, 0.29) is 11.9 Å². The molecule has 1 amide bonds. The molecule has 19 heavy (non-hydrogen) atoms. The van der Waals surface area contributed by atoms with Crippen LogP contribution in [0.15, 0.2) is 24.3 Å². The van der Waals surface area contributed by atoms with Crippen molar-refractivity contribution < 1.29 is 4.79 Å². The Balaban J connectivity index is 1.99. The summed E-state index contributed by atoms with van der Waals surface area (Å²) in [7, 11) is 0. The standard InChI is InChI=1S/C15H21NOS2/c1-3-13(4-2)16-14(17)11-5-7-12(8-6-11)15-18-9-10-19-15/h5-8,13,15H,3-4,9-10H2,1-2H3,(H,16,17). The Bertz CT molecular complexity index is 409. The van der Waals surface area contributed by atoms with Gasteiger partial charge in [0.15, 0.2) is 0 Å². The molecule has 104 valence electrons. The molecule has 0 unspecified atom stereocenters. The molecule has 0 saturated carbocycles. The lowest BCUT2D eigenvalue weighted by Crippen LogP contribution is -2.33. The average Bonchev–Trinajstić information content (AvgIpc) is 2.99. The second kappa shape index (κ2) is 7.25. The largest absolute Gasteiger partial charge is 0.349 e. The summed E-state index contributed by atoms with van der Waals surface area (Å²) in [4.78, 5) is 12.1. The molecule has 0 aromatic heterocycles. The van der Waals surface area contributed by atoms with Gasteiger partial charge in [0.05, 0.1) is 4.58 Å². The molecule has 1 aromatic carbocycles. The minimum atomic E-state index is 0.0481. The zero-order valence-electron chi connectivity index (χ0n) is 11.5. The summed E-state index contributed by atoms with van der Waals surface area (Å²) in [5.41, 5.74) is 2.09. The van der Waals surface area contributed by atoms with E-state index in [0.717, 1.165) is 18.4 Å². The molecular formula is C15H21NOS2. The van der Waals surface area contributed by atoms with Crippen LogP contribution in [0, 0.1) is 0 Å². The van der Waals surface area contributed by atoms with Gasteiger partial charge in [-0.1, -0.05) is 26.0 Å². The summed E-state index contributed by atoms with van der Waals surface area (Å²) in [5, 5.41) is 3.07. The Morgan fingerprint density at radius 3 is 2.32 bits per heavy atom. The van der Waals surface area contributed by atoms with Gasteiger partial charge in [0, 0.05) is 23.1 Å². The average molecular weight is 295 g/mol. The summed E-state index contributed by atoms with van der Waals surface area (Å²) in [5.74, 6) is 2.50. The minimum absolute atomic E-state index is 0.0481. The van der Waals surface area contributed by atoms with Crippen LogP contribution in [0.25, 0.3) is 0 Å². The van der Waals surface area contributed by atoms with Gasteiger partial charge in [-0.2, -0.15) is 0 Å². The molecule has 1 aliphatic rings. The van der Waals surface area contributed by atoms with Crippen LogP contribution in [0.5, 0.6) is 0 Å². The van der Waals surface area contributed by atoms with Gasteiger partial charge >= 0.3 is 0 Å². The van der Waals surface area contributed by atoms with Gasteiger partial charge in [-0.3, -0.25) is 4.79 Å². The van der Waals surface area contributed by atoms with Crippen LogP contribution in [0.1, 0.15) is 47.2 Å². The Morgan fingerprint density at radius 1 is 1.21 bits per heavy atom. The topological polar surface area (TPSA) is 29.1 Å². The van der Waals surface area contributed by atoms with Crippen molar-refractivity contribution in [1.82, 2.24) is 5.32 Å². The van der Waals surface area contributed by atoms with Gasteiger partial charge < -0.3 is 5.32 Å². The van der Waals surface area contributed by atoms with E-state index in [9.17, 15) is 4.79 Å². The van der Waals surface area contributed by atoms with Crippen LogP contribution >= 0.6 is 23.5 Å². The quantitative estimate of drug-likeness (QED) is 0.887. The molecule has 1 N–H and O–H groups in total. The SMILES string of the molecule is CCC(CC)NC(=O)c1ccc(C2SCCS2)cc1. The van der Waals surface area contributed by atoms with Gasteiger partial charge in [-0.25, -0.2) is 0 Å². The lowest BCUT2D eigenvalue weighted by Gasteiger charge is -2.15. The van der Waals surface area contributed by atoms with Crippen molar-refractivity contribution in [2.75, 3.05) is 11.5 Å². The Morgan fingerprint density at radius 2 is 1.79 bits per heavy atom. The van der Waals surface area contributed by atoms with E-state index < -0.39 is 0 Å². The van der Waals surface area contributed by atoms with Crippen LogP contribution in [0.3, 0.4) is 0 Å². The summed E-state index contributed by atoms with van der Waals surface area (Å²) in [6.45, 7) is 4.21. The van der Waals surface area contributed by atoms with Crippen LogP contribution < -0.4 is 5.32 Å². The molecule has 1 saturated heterocycles. The van der Waals surface area contributed by atoms with Gasteiger partial charge in [0.1, 0.15) is 0 Å². The van der Waals surface area contributed by atoms with Crippen molar-refractivity contribution in [3.63, 3.8) is 0 Å². The maximum Gasteiger partial charge on any atom is 0.251 e. The molecule has 1 heterocycles. The predicted octanol–water partition coefficient (Wildman–Crippen LogP) is 4.08. The van der Waals surface area contributed by atoms with Crippen molar-refractivity contribution in [2.24, 2.45) is 0 Å². The molecule has 2 nitrogen and oxygen atoms in total. The number of rotatable bonds is 5. The third-order valence-corrected chi connectivity index (χ3v) is 6.49. The number of thioether (sulfide) groups is 2. The second-order valence-electron chi connectivity index (χ2n) is 4.68. The highest BCUT2D eigenvalue weighted by Crippen LogP contribution is 2.45. The van der Waals surface area contributed by atoms with E-state index in [1.165, 1.54) is 17.1 Å². The van der Waals surface area contributed by atoms with Crippen molar-refractivity contribution in [3.8, 4) is 0 Å². The fraction of sp³-hybridized carbons (Fsp3) is 0.533. The Kier molecular flexibility index (Phi) is 5.64. The molecule has 1 aliphatic heterocycles. The lowest BCUT2D eigenvalue weighted by atomic mass is 10.1. The van der Waals surface area contributed by atoms with Crippen molar-refractivity contribution >= 4 is 29.4 Å². The fourth-order valence-electron chi connectivity index (χ4n) is 2.10. The summed E-state index contributed by atoms with van der Waals surface area (Å²) in [6, 6.07) is 8.38. The number of hydrogen-bond donors (Lipinski definition) is 1. The molecule has 2 rings (SSSR count). The number of amides is 1. The van der Waals surface area contributed by atoms with E-state index >= 15 is 0 Å². The predicted molar refractivity (Wildman–Crippen MR) is 85.9 cm³/mol. The third kappa shape index (κ3) is 3.93. The molecule has 0 bridgehead atoms. The normalized spacial score (nSPS) is 15.9. The first kappa shape index (κ1) is 14.8. The smallest absolute Gasteiger partial charge is 0.251 e. The van der Waals surface area contributed by atoms with Crippen LogP contribution in [-0.4, -0.2) is 23.5 Å². The number of nitrogens with one attached hydrogen (secondary N) is 1. The molecule has 4 heteroatoms. The summed E-state index contributed by atoms with van der Waals surface area (Å²) >= 11 is 3.98. The Hall–Kier alpha value is -0.610. The summed E-state index contributed by atoms with van der Waals surface area (Å²) < 4.78 is 0.552. The maximum absolute atomic E-state index is 12.1. The summed E-state index contributed by atoms with van der Waals surface area (Å²) in [6.07, 6.45) is 1.96. The van der Waals surface area contributed by atoms with E-state index in [0.29, 0.717) is 4.58 Å². The Labute approximate surface area is 124 Å². The third-order valence-electron chi connectivity index (χ3n) is 3.39. The maximum atomic E-state index is 12.1. The highest BCUT2D eigenvalue weighted by Gasteiger charge is 2.18. The van der Waals surface area contributed by atoms with Gasteiger partial charge in [-0.15, -0.1) is 23.5 Å². The second-order valence-corrected chi connectivity index (χ2v) is 7.41. The number of carbonyl (C=O) groups excluding carboxylic acids is 1. The van der Waals surface area contributed by atoms with Crippen LogP contribution in [0.4, 0.5) is 0 Å². The number of benzene rings is 1. The first-order chi connectivity index (χ1) is 9.24. The monoisotopic (exact) mass is 295 g/mol. The van der Waals surface area contributed by atoms with Crippen molar-refractivity contribution in [2.45, 2.75) is 37.3 Å². The molecule has 0 aliphatic carbocycles. The van der Waals surface area contributed by atoms with E-state index in [1.54, 1.807) is 0 Å². The lowest BCUT2D eigenvalue weighted by molar-refractivity contribution is 0.0935. The molecule has 0 radical (unpaired) electrons. The first-order valence-electron chi connectivity index (χ1n) is 6.88. The van der Waals surface area contributed by atoms with Crippen molar-refractivity contribution in [1.29, 1.82) is 0 Å². The first-order valence-corrected chi connectivity index (χ1v) is 8.98. The molecule has 1 aromatic rings. The highest BCUT2D eigenvalue weighted by atomic mass is 32.2. The zero-order chi connectivity index (χ0) is 13.7. The van der Waals surface area contributed by atoms with Gasteiger partial charge in [0.25, 0.3) is 5.91 Å². The highest BCUT2D eigenvalue weighted by molar-refractivity contribution is 8.19. The molecule has 1 fully saturated rings. The van der Waals surface area contributed by atoms with E-state index in [4.69, 9.17) is 0 Å². The molecule has 0 atom stereocenters. The van der Waals surface area contributed by atoms with Crippen LogP contribution in [0.2, 0.25) is 0 Å². The van der Waals surface area contributed by atoms with Gasteiger partial charge in [-0.05, 0) is 30.5 Å². The number of carbonyl (C=O) groups is 1. The number of hydrogen-bond acceptors (Lipinski definition) is 3. The fourth-order valence-corrected chi connectivity index (χ4v) is 4.96. The van der Waals surface area contributed by atoms with Crippen molar-refractivity contribution in [3.05, 3.63) is 35.4 Å². The zero-order valence-corrected chi connectivity index (χ0v) is 13.2. The van der Waals surface area contributed by atoms with Crippen LogP contribution in [-0.2, 0) is 0 Å². The van der Waals surface area contributed by atoms with E-state index in [2.05, 4.69) is 31.3 Å².